The summed E-state index contributed by atoms with van der Waals surface area (Å²) in [5, 5.41) is 0. The fraction of sp³-hybridized carbons (Fsp3) is 0.364. The summed E-state index contributed by atoms with van der Waals surface area (Å²) in [5.41, 5.74) is 0. The zero-order valence-electron chi connectivity index (χ0n) is 9.40. The summed E-state index contributed by atoms with van der Waals surface area (Å²) in [7, 11) is 0. The highest BCUT2D eigenvalue weighted by atomic mass is 19.2. The van der Waals surface area contributed by atoms with Crippen molar-refractivity contribution in [1.82, 2.24) is 0 Å². The molecule has 0 amide bonds. The van der Waals surface area contributed by atoms with E-state index in [1.165, 1.54) is 6.42 Å². The molecule has 0 N–H and O–H groups in total. The SMILES string of the molecule is CCC.O=CCOc1c(F)c(F)cc(F)c1F. The van der Waals surface area contributed by atoms with Crippen LogP contribution in [0.15, 0.2) is 6.07 Å². The Morgan fingerprint density at radius 2 is 1.53 bits per heavy atom. The predicted octanol–water partition coefficient (Wildman–Crippen LogP) is 3.24. The number of carbonyl (C=O) groups excluding carboxylic acids is 1. The Hall–Kier alpha value is -1.59. The van der Waals surface area contributed by atoms with Crippen LogP contribution in [0.5, 0.6) is 5.75 Å². The zero-order chi connectivity index (χ0) is 13.4. The third kappa shape index (κ3) is 4.42. The molecule has 0 aromatic heterocycles. The summed E-state index contributed by atoms with van der Waals surface area (Å²) in [6, 6.07) is 0.0540. The van der Waals surface area contributed by atoms with E-state index in [0.717, 1.165) is 0 Å². The van der Waals surface area contributed by atoms with E-state index >= 15 is 0 Å². The van der Waals surface area contributed by atoms with Crippen LogP contribution in [0.1, 0.15) is 20.3 Å². The lowest BCUT2D eigenvalue weighted by Crippen LogP contribution is -2.05. The van der Waals surface area contributed by atoms with Gasteiger partial charge in [-0.2, -0.15) is 8.78 Å². The number of halogens is 4. The van der Waals surface area contributed by atoms with Gasteiger partial charge in [0.2, 0.25) is 11.6 Å². The molecule has 0 bridgehead atoms. The first-order chi connectivity index (χ1) is 7.99. The maximum atomic E-state index is 12.7. The van der Waals surface area contributed by atoms with Crippen LogP contribution in [0.2, 0.25) is 0 Å². The smallest absolute Gasteiger partial charge is 0.203 e. The average molecular weight is 252 g/mol. The molecule has 0 atom stereocenters. The van der Waals surface area contributed by atoms with Gasteiger partial charge in [-0.15, -0.1) is 0 Å². The quantitative estimate of drug-likeness (QED) is 0.469. The third-order valence-corrected chi connectivity index (χ3v) is 1.37. The minimum absolute atomic E-state index is 0.0540. The molecule has 0 fully saturated rings. The molecule has 1 rings (SSSR count). The predicted molar refractivity (Wildman–Crippen MR) is 53.8 cm³/mol. The van der Waals surface area contributed by atoms with Crippen molar-refractivity contribution in [3.05, 3.63) is 29.3 Å². The average Bonchev–Trinajstić information content (AvgIpc) is 2.28. The van der Waals surface area contributed by atoms with E-state index in [4.69, 9.17) is 0 Å². The Kier molecular flexibility index (Phi) is 6.93. The van der Waals surface area contributed by atoms with E-state index in [0.29, 0.717) is 0 Å². The molecule has 1 aromatic carbocycles. The number of benzene rings is 1. The van der Waals surface area contributed by atoms with Crippen molar-refractivity contribution < 1.29 is 27.1 Å². The Bertz CT molecular complexity index is 354. The highest BCUT2D eigenvalue weighted by Crippen LogP contribution is 2.25. The van der Waals surface area contributed by atoms with Crippen LogP contribution in [-0.4, -0.2) is 12.9 Å². The monoisotopic (exact) mass is 252 g/mol. The van der Waals surface area contributed by atoms with Gasteiger partial charge in [0.25, 0.3) is 0 Å². The lowest BCUT2D eigenvalue weighted by molar-refractivity contribution is -0.109. The first kappa shape index (κ1) is 15.4. The van der Waals surface area contributed by atoms with E-state index in [1.807, 2.05) is 0 Å². The second-order valence-electron chi connectivity index (χ2n) is 2.98. The highest BCUT2D eigenvalue weighted by molar-refractivity contribution is 5.51. The molecule has 2 nitrogen and oxygen atoms in total. The maximum Gasteiger partial charge on any atom is 0.203 e. The van der Waals surface area contributed by atoms with Crippen LogP contribution in [0.3, 0.4) is 0 Å². The molecule has 0 aliphatic carbocycles. The second-order valence-corrected chi connectivity index (χ2v) is 2.98. The van der Waals surface area contributed by atoms with Crippen molar-refractivity contribution in [2.45, 2.75) is 20.3 Å². The topological polar surface area (TPSA) is 26.3 Å². The molecule has 96 valence electrons. The van der Waals surface area contributed by atoms with Crippen molar-refractivity contribution >= 4 is 6.29 Å². The fourth-order valence-electron chi connectivity index (χ4n) is 0.795. The van der Waals surface area contributed by atoms with Gasteiger partial charge in [-0.05, 0) is 0 Å². The maximum absolute atomic E-state index is 12.7. The summed E-state index contributed by atoms with van der Waals surface area (Å²) in [5.74, 6) is -7.71. The van der Waals surface area contributed by atoms with Gasteiger partial charge in [-0.25, -0.2) is 8.78 Å². The molecule has 1 aromatic rings. The van der Waals surface area contributed by atoms with Crippen molar-refractivity contribution in [2.75, 3.05) is 6.61 Å². The van der Waals surface area contributed by atoms with Crippen molar-refractivity contribution in [1.29, 1.82) is 0 Å². The van der Waals surface area contributed by atoms with Crippen LogP contribution in [0.4, 0.5) is 17.6 Å². The third-order valence-electron chi connectivity index (χ3n) is 1.37. The normalized spacial score (nSPS) is 9.29. The van der Waals surface area contributed by atoms with E-state index in [2.05, 4.69) is 18.6 Å². The van der Waals surface area contributed by atoms with Gasteiger partial charge in [0.15, 0.2) is 23.7 Å². The molecule has 0 saturated heterocycles. The molecule has 0 unspecified atom stereocenters. The second kappa shape index (κ2) is 7.65. The Labute approximate surface area is 96.2 Å². The lowest BCUT2D eigenvalue weighted by atomic mass is 10.3. The molecule has 0 heterocycles. The molecule has 17 heavy (non-hydrogen) atoms. The van der Waals surface area contributed by atoms with Crippen LogP contribution in [0.25, 0.3) is 0 Å². The lowest BCUT2D eigenvalue weighted by Gasteiger charge is -2.06. The number of ether oxygens (including phenoxy) is 1. The summed E-state index contributed by atoms with van der Waals surface area (Å²) in [6.07, 6.45) is 1.45. The zero-order valence-corrected chi connectivity index (χ0v) is 9.40. The van der Waals surface area contributed by atoms with Crippen molar-refractivity contribution in [3.63, 3.8) is 0 Å². The first-order valence-corrected chi connectivity index (χ1v) is 4.88. The van der Waals surface area contributed by atoms with Gasteiger partial charge in [0, 0.05) is 6.07 Å². The molecule has 0 aliphatic heterocycles. The fourth-order valence-corrected chi connectivity index (χ4v) is 0.795. The van der Waals surface area contributed by atoms with Crippen LogP contribution in [0, 0.1) is 23.3 Å². The van der Waals surface area contributed by atoms with Gasteiger partial charge >= 0.3 is 0 Å². The molecule has 0 aliphatic rings. The van der Waals surface area contributed by atoms with Crippen LogP contribution >= 0.6 is 0 Å². The number of carbonyl (C=O) groups is 1. The molecule has 0 radical (unpaired) electrons. The Balaban J connectivity index is 0.000000770. The number of aldehydes is 1. The van der Waals surface area contributed by atoms with E-state index in [-0.39, 0.29) is 12.4 Å². The minimum Gasteiger partial charge on any atom is -0.480 e. The van der Waals surface area contributed by atoms with Crippen LogP contribution in [-0.2, 0) is 4.79 Å². The van der Waals surface area contributed by atoms with Gasteiger partial charge in [0.05, 0.1) is 0 Å². The van der Waals surface area contributed by atoms with E-state index in [1.54, 1.807) is 0 Å². The van der Waals surface area contributed by atoms with Crippen molar-refractivity contribution in [2.24, 2.45) is 0 Å². The highest BCUT2D eigenvalue weighted by Gasteiger charge is 2.20. The molecular formula is C11H12F4O2. The summed E-state index contributed by atoms with van der Waals surface area (Å²) < 4.78 is 54.7. The summed E-state index contributed by atoms with van der Waals surface area (Å²) >= 11 is 0. The molecular weight excluding hydrogens is 240 g/mol. The number of rotatable bonds is 3. The van der Waals surface area contributed by atoms with Gasteiger partial charge in [-0.1, -0.05) is 20.3 Å². The Morgan fingerprint density at radius 1 is 1.12 bits per heavy atom. The number of hydrogen-bond acceptors (Lipinski definition) is 2. The van der Waals surface area contributed by atoms with Gasteiger partial charge in [-0.3, -0.25) is 4.79 Å². The molecule has 0 spiro atoms. The standard InChI is InChI=1S/C8H4F4O2.C3H8/c9-4-3-5(10)7(12)8(6(4)11)14-2-1-13;1-3-2/h1,3H,2H2;3H2,1-2H3. The van der Waals surface area contributed by atoms with Crippen LogP contribution < -0.4 is 4.74 Å². The first-order valence-electron chi connectivity index (χ1n) is 4.88. The largest absolute Gasteiger partial charge is 0.480 e. The van der Waals surface area contributed by atoms with Gasteiger partial charge < -0.3 is 4.74 Å². The number of hydrogen-bond donors (Lipinski definition) is 0. The molecule has 0 saturated carbocycles. The minimum atomic E-state index is -1.66. The van der Waals surface area contributed by atoms with Crippen molar-refractivity contribution in [3.8, 4) is 5.75 Å². The summed E-state index contributed by atoms with van der Waals surface area (Å²) in [4.78, 5) is 9.81. The van der Waals surface area contributed by atoms with E-state index < -0.39 is 35.6 Å². The Morgan fingerprint density at radius 3 is 1.88 bits per heavy atom. The van der Waals surface area contributed by atoms with Gasteiger partial charge in [0.1, 0.15) is 6.61 Å². The molecule has 6 heteroatoms. The summed E-state index contributed by atoms with van der Waals surface area (Å²) in [6.45, 7) is 3.57. The van der Waals surface area contributed by atoms with E-state index in [9.17, 15) is 22.4 Å².